The molecule has 0 saturated carbocycles. The molecule has 0 unspecified atom stereocenters. The maximum atomic E-state index is 13.8. The molecule has 1 aromatic heterocycles. The molecule has 3 aromatic rings. The Kier molecular flexibility index (Phi) is 5.07. The summed E-state index contributed by atoms with van der Waals surface area (Å²) >= 11 is 0. The summed E-state index contributed by atoms with van der Waals surface area (Å²) in [6, 6.07) is 13.8. The zero-order valence-electron chi connectivity index (χ0n) is 15.3. The Morgan fingerprint density at radius 3 is 2.72 bits per heavy atom. The molecule has 0 bridgehead atoms. The second-order valence-electron chi connectivity index (χ2n) is 6.77. The zero-order chi connectivity index (χ0) is 20.4. The third-order valence-electron chi connectivity index (χ3n) is 4.76. The van der Waals surface area contributed by atoms with Crippen LogP contribution in [0.3, 0.4) is 0 Å². The molecule has 1 atom stereocenters. The predicted molar refractivity (Wildman–Crippen MR) is 101 cm³/mol. The minimum absolute atomic E-state index is 0.0706. The number of amides is 2. The largest absolute Gasteiger partial charge is 0.356 e. The van der Waals surface area contributed by atoms with Crippen LogP contribution in [-0.2, 0) is 16.1 Å². The molecule has 6 nitrogen and oxygen atoms in total. The van der Waals surface area contributed by atoms with Crippen LogP contribution in [0.1, 0.15) is 12.1 Å². The molecular weight excluding hydrogens is 380 g/mol. The first kappa shape index (κ1) is 18.8. The molecule has 148 valence electrons. The van der Waals surface area contributed by atoms with Gasteiger partial charge in [-0.05, 0) is 24.3 Å². The summed E-state index contributed by atoms with van der Waals surface area (Å²) in [5.74, 6) is -2.15. The van der Waals surface area contributed by atoms with E-state index in [0.717, 1.165) is 17.8 Å². The number of nitrogens with zero attached hydrogens (tertiary/aromatic N) is 2. The van der Waals surface area contributed by atoms with Gasteiger partial charge in [-0.2, -0.15) is 0 Å². The normalized spacial score (nSPS) is 16.3. The first-order valence-electron chi connectivity index (χ1n) is 9.05. The molecule has 2 amide bonds. The van der Waals surface area contributed by atoms with E-state index in [1.807, 2.05) is 30.3 Å². The Morgan fingerprint density at radius 2 is 1.97 bits per heavy atom. The fourth-order valence-corrected chi connectivity index (χ4v) is 3.27. The van der Waals surface area contributed by atoms with Crippen molar-refractivity contribution in [1.82, 2.24) is 10.5 Å². The molecule has 1 aliphatic heterocycles. The number of rotatable bonds is 5. The van der Waals surface area contributed by atoms with Crippen LogP contribution in [0.2, 0.25) is 0 Å². The lowest BCUT2D eigenvalue weighted by Gasteiger charge is -2.16. The van der Waals surface area contributed by atoms with Gasteiger partial charge in [-0.15, -0.1) is 0 Å². The van der Waals surface area contributed by atoms with E-state index in [2.05, 4.69) is 10.5 Å². The van der Waals surface area contributed by atoms with Crippen LogP contribution in [0.15, 0.2) is 59.1 Å². The molecule has 1 aliphatic rings. The summed E-state index contributed by atoms with van der Waals surface area (Å²) in [5, 5.41) is 6.53. The molecule has 1 fully saturated rings. The fourth-order valence-electron chi connectivity index (χ4n) is 3.27. The summed E-state index contributed by atoms with van der Waals surface area (Å²) in [6.45, 7) is 0.376. The third-order valence-corrected chi connectivity index (χ3v) is 4.76. The van der Waals surface area contributed by atoms with Crippen molar-refractivity contribution in [2.45, 2.75) is 13.0 Å². The van der Waals surface area contributed by atoms with Gasteiger partial charge in [0.15, 0.2) is 5.76 Å². The highest BCUT2D eigenvalue weighted by Gasteiger charge is 2.35. The van der Waals surface area contributed by atoms with Crippen molar-refractivity contribution >= 4 is 17.5 Å². The van der Waals surface area contributed by atoms with Gasteiger partial charge < -0.3 is 14.7 Å². The van der Waals surface area contributed by atoms with Crippen molar-refractivity contribution in [3.05, 3.63) is 71.9 Å². The number of carbonyl (C=O) groups is 2. The number of para-hydroxylation sites is 1. The van der Waals surface area contributed by atoms with Crippen molar-refractivity contribution in [2.24, 2.45) is 5.92 Å². The molecule has 0 radical (unpaired) electrons. The lowest BCUT2D eigenvalue weighted by Crippen LogP contribution is -2.32. The smallest absolute Gasteiger partial charge is 0.227 e. The SMILES string of the molecule is O=C(NCc1cc(-c2ccc(F)cc2F)on1)[C@H]1CC(=O)N(c2ccccc2)C1. The van der Waals surface area contributed by atoms with E-state index in [-0.39, 0.29) is 36.1 Å². The number of benzene rings is 2. The summed E-state index contributed by atoms with van der Waals surface area (Å²) in [4.78, 5) is 26.3. The number of hydrogen-bond donors (Lipinski definition) is 1. The number of carbonyl (C=O) groups excluding carboxylic acids is 2. The van der Waals surface area contributed by atoms with Crippen molar-refractivity contribution in [1.29, 1.82) is 0 Å². The predicted octanol–water partition coefficient (Wildman–Crippen LogP) is 3.29. The monoisotopic (exact) mass is 397 g/mol. The number of nitrogens with one attached hydrogen (secondary N) is 1. The van der Waals surface area contributed by atoms with Crippen LogP contribution in [0.4, 0.5) is 14.5 Å². The number of halogens is 2. The average Bonchev–Trinajstić information content (AvgIpc) is 3.33. The van der Waals surface area contributed by atoms with Crippen LogP contribution in [-0.4, -0.2) is 23.5 Å². The lowest BCUT2D eigenvalue weighted by atomic mass is 10.1. The average molecular weight is 397 g/mol. The van der Waals surface area contributed by atoms with Crippen LogP contribution in [0.5, 0.6) is 0 Å². The molecule has 1 saturated heterocycles. The minimum atomic E-state index is -0.762. The van der Waals surface area contributed by atoms with Gasteiger partial charge in [0.1, 0.15) is 17.3 Å². The van der Waals surface area contributed by atoms with Gasteiger partial charge in [-0.3, -0.25) is 9.59 Å². The molecule has 2 aromatic carbocycles. The molecule has 8 heteroatoms. The van der Waals surface area contributed by atoms with Crippen LogP contribution in [0.25, 0.3) is 11.3 Å². The maximum absolute atomic E-state index is 13.8. The van der Waals surface area contributed by atoms with E-state index in [1.54, 1.807) is 4.90 Å². The Hall–Kier alpha value is -3.55. The molecule has 2 heterocycles. The van der Waals surface area contributed by atoms with E-state index in [4.69, 9.17) is 4.52 Å². The second-order valence-corrected chi connectivity index (χ2v) is 6.77. The first-order chi connectivity index (χ1) is 14.0. The summed E-state index contributed by atoms with van der Waals surface area (Å²) in [7, 11) is 0. The zero-order valence-corrected chi connectivity index (χ0v) is 15.3. The topological polar surface area (TPSA) is 75.4 Å². The van der Waals surface area contributed by atoms with Gasteiger partial charge in [0.05, 0.1) is 18.0 Å². The highest BCUT2D eigenvalue weighted by molar-refractivity contribution is 6.00. The van der Waals surface area contributed by atoms with Gasteiger partial charge in [0.2, 0.25) is 11.8 Å². The van der Waals surface area contributed by atoms with Crippen molar-refractivity contribution in [2.75, 3.05) is 11.4 Å². The second kappa shape index (κ2) is 7.83. The molecule has 0 spiro atoms. The highest BCUT2D eigenvalue weighted by Crippen LogP contribution is 2.26. The molecule has 0 aliphatic carbocycles. The Balaban J connectivity index is 1.37. The van der Waals surface area contributed by atoms with Crippen LogP contribution in [0, 0.1) is 17.6 Å². The molecule has 4 rings (SSSR count). The molecular formula is C21H17F2N3O3. The highest BCUT2D eigenvalue weighted by atomic mass is 19.1. The van der Waals surface area contributed by atoms with Gasteiger partial charge in [-0.25, -0.2) is 8.78 Å². The van der Waals surface area contributed by atoms with Crippen LogP contribution < -0.4 is 10.2 Å². The van der Waals surface area contributed by atoms with Crippen molar-refractivity contribution in [3.8, 4) is 11.3 Å². The standard InChI is InChI=1S/C21H17F2N3O3/c22-14-6-7-17(18(23)9-14)19-10-15(25-29-19)11-24-21(28)13-8-20(27)26(12-13)16-4-2-1-3-5-16/h1-7,9-10,13H,8,11-12H2,(H,24,28)/t13-/m0/s1. The van der Waals surface area contributed by atoms with E-state index < -0.39 is 17.6 Å². The number of hydrogen-bond acceptors (Lipinski definition) is 4. The summed E-state index contributed by atoms with van der Waals surface area (Å²) < 4.78 is 32.0. The molecule has 1 N–H and O–H groups in total. The first-order valence-corrected chi connectivity index (χ1v) is 9.05. The summed E-state index contributed by atoms with van der Waals surface area (Å²) in [5.41, 5.74) is 1.23. The van der Waals surface area contributed by atoms with Crippen LogP contribution >= 0.6 is 0 Å². The van der Waals surface area contributed by atoms with E-state index in [1.165, 1.54) is 12.1 Å². The Morgan fingerprint density at radius 1 is 1.17 bits per heavy atom. The lowest BCUT2D eigenvalue weighted by molar-refractivity contribution is -0.126. The van der Waals surface area contributed by atoms with Gasteiger partial charge in [-0.1, -0.05) is 23.4 Å². The Bertz CT molecular complexity index is 1050. The maximum Gasteiger partial charge on any atom is 0.227 e. The quantitative estimate of drug-likeness (QED) is 0.717. The van der Waals surface area contributed by atoms with E-state index in [0.29, 0.717) is 12.2 Å². The minimum Gasteiger partial charge on any atom is -0.356 e. The fraction of sp³-hybridized carbons (Fsp3) is 0.190. The molecule has 29 heavy (non-hydrogen) atoms. The van der Waals surface area contributed by atoms with E-state index in [9.17, 15) is 18.4 Å². The van der Waals surface area contributed by atoms with Gasteiger partial charge in [0, 0.05) is 30.8 Å². The number of aromatic nitrogens is 1. The van der Waals surface area contributed by atoms with Crippen molar-refractivity contribution < 1.29 is 22.9 Å². The summed E-state index contributed by atoms with van der Waals surface area (Å²) in [6.07, 6.45) is 0.131. The van der Waals surface area contributed by atoms with Crippen molar-refractivity contribution in [3.63, 3.8) is 0 Å². The number of anilines is 1. The van der Waals surface area contributed by atoms with E-state index >= 15 is 0 Å². The van der Waals surface area contributed by atoms with Gasteiger partial charge >= 0.3 is 0 Å². The van der Waals surface area contributed by atoms with Gasteiger partial charge in [0.25, 0.3) is 0 Å². The third kappa shape index (κ3) is 4.01. The Labute approximate surface area is 165 Å².